The monoisotopic (exact) mass is 229 g/mol. The molecule has 1 radical (unpaired) electrons. The minimum Gasteiger partial charge on any atom is -0.275 e. The third-order valence-corrected chi connectivity index (χ3v) is 4.10. The lowest BCUT2D eigenvalue weighted by Gasteiger charge is -2.22. The molecule has 13 heavy (non-hydrogen) atoms. The van der Waals surface area contributed by atoms with Crippen LogP contribution in [0.4, 0.5) is 0 Å². The van der Waals surface area contributed by atoms with Crippen LogP contribution in [0, 0.1) is 0 Å². The van der Waals surface area contributed by atoms with E-state index in [1.807, 2.05) is 13.8 Å². The summed E-state index contributed by atoms with van der Waals surface area (Å²) in [5, 5.41) is 0. The Morgan fingerprint density at radius 1 is 1.54 bits per heavy atom. The summed E-state index contributed by atoms with van der Waals surface area (Å²) in [6.07, 6.45) is 0. The normalized spacial score (nSPS) is 19.1. The topological polar surface area (TPSA) is 52.4 Å². The molecule has 0 saturated carbocycles. The van der Waals surface area contributed by atoms with E-state index in [2.05, 4.69) is 4.52 Å². The maximum Gasteiger partial charge on any atom is 0.576 e. The molecule has 1 N–H and O–H groups in total. The highest BCUT2D eigenvalue weighted by Gasteiger charge is 2.46. The first-order chi connectivity index (χ1) is 5.86. The Morgan fingerprint density at radius 2 is 2.00 bits per heavy atom. The molecule has 6 heteroatoms. The third-order valence-electron chi connectivity index (χ3n) is 1.73. The summed E-state index contributed by atoms with van der Waals surface area (Å²) in [7, 11) is -2.44. The quantitative estimate of drug-likeness (QED) is 0.579. The van der Waals surface area contributed by atoms with Crippen molar-refractivity contribution in [2.45, 2.75) is 32.9 Å². The molecule has 0 amide bonds. The Labute approximate surface area is 84.4 Å². The molecule has 0 aromatic heterocycles. The SMILES string of the molecule is COP(=O)(O)[N+](C(C)C)C(C)CCl. The average molecular weight is 230 g/mol. The summed E-state index contributed by atoms with van der Waals surface area (Å²) in [4.78, 5) is 9.46. The van der Waals surface area contributed by atoms with Crippen molar-refractivity contribution in [3.8, 4) is 0 Å². The third kappa shape index (κ3) is 3.56. The van der Waals surface area contributed by atoms with Gasteiger partial charge in [0.05, 0.1) is 13.0 Å². The second-order valence-electron chi connectivity index (χ2n) is 3.15. The van der Waals surface area contributed by atoms with Crippen LogP contribution in [0.3, 0.4) is 0 Å². The molecule has 0 aromatic rings. The summed E-state index contributed by atoms with van der Waals surface area (Å²) in [6, 6.07) is -0.262. The number of halogens is 1. The number of nitrogens with zero attached hydrogens (tertiary/aromatic N) is 1. The number of rotatable bonds is 5. The van der Waals surface area contributed by atoms with Crippen LogP contribution in [0.1, 0.15) is 20.8 Å². The van der Waals surface area contributed by atoms with Crippen molar-refractivity contribution in [1.82, 2.24) is 4.67 Å². The summed E-state index contributed by atoms with van der Waals surface area (Å²) in [6.45, 7) is 5.44. The molecule has 2 atom stereocenters. The van der Waals surface area contributed by atoms with Crippen molar-refractivity contribution in [3.05, 3.63) is 0 Å². The first-order valence-corrected chi connectivity index (χ1v) is 6.16. The largest absolute Gasteiger partial charge is 0.576 e. The second-order valence-corrected chi connectivity index (χ2v) is 5.27. The molecular weight excluding hydrogens is 213 g/mol. The predicted octanol–water partition coefficient (Wildman–Crippen LogP) is 1.91. The lowest BCUT2D eigenvalue weighted by Crippen LogP contribution is -2.42. The van der Waals surface area contributed by atoms with Crippen molar-refractivity contribution in [2.75, 3.05) is 13.0 Å². The molecule has 0 spiro atoms. The van der Waals surface area contributed by atoms with Gasteiger partial charge in [-0.1, -0.05) is 4.67 Å². The van der Waals surface area contributed by atoms with Gasteiger partial charge in [-0.25, -0.2) is 0 Å². The van der Waals surface area contributed by atoms with Crippen molar-refractivity contribution in [2.24, 2.45) is 0 Å². The molecular formula is C7H17ClNO3P+. The van der Waals surface area contributed by atoms with Crippen LogP contribution >= 0.6 is 19.3 Å². The molecule has 0 aliphatic heterocycles. The van der Waals surface area contributed by atoms with E-state index in [1.165, 1.54) is 11.8 Å². The fourth-order valence-corrected chi connectivity index (χ4v) is 2.81. The second kappa shape index (κ2) is 5.32. The molecule has 0 aliphatic carbocycles. The van der Waals surface area contributed by atoms with E-state index in [1.54, 1.807) is 6.92 Å². The molecule has 0 fully saturated rings. The Kier molecular flexibility index (Phi) is 5.49. The van der Waals surface area contributed by atoms with Gasteiger partial charge in [-0.3, -0.25) is 9.42 Å². The fraction of sp³-hybridized carbons (Fsp3) is 1.00. The first kappa shape index (κ1) is 13.4. The van der Waals surface area contributed by atoms with E-state index in [-0.39, 0.29) is 12.1 Å². The van der Waals surface area contributed by atoms with Gasteiger partial charge in [0.2, 0.25) is 0 Å². The van der Waals surface area contributed by atoms with Crippen LogP contribution in [-0.4, -0.2) is 30.0 Å². The van der Waals surface area contributed by atoms with Crippen LogP contribution in [-0.2, 0) is 9.09 Å². The van der Waals surface area contributed by atoms with Crippen LogP contribution in [0.15, 0.2) is 0 Å². The van der Waals surface area contributed by atoms with Gasteiger partial charge in [0, 0.05) is 0 Å². The zero-order chi connectivity index (χ0) is 10.6. The zero-order valence-corrected chi connectivity index (χ0v) is 10.0. The number of hydrogen-bond donors (Lipinski definition) is 1. The molecule has 0 saturated heterocycles. The van der Waals surface area contributed by atoms with Crippen LogP contribution in [0.2, 0.25) is 0 Å². The van der Waals surface area contributed by atoms with E-state index >= 15 is 0 Å². The summed E-state index contributed by atoms with van der Waals surface area (Å²) < 4.78 is 17.5. The molecule has 79 valence electrons. The van der Waals surface area contributed by atoms with Gasteiger partial charge in [0.15, 0.2) is 6.04 Å². The van der Waals surface area contributed by atoms with Gasteiger partial charge < -0.3 is 0 Å². The van der Waals surface area contributed by atoms with Crippen LogP contribution in [0.25, 0.3) is 0 Å². The molecule has 0 bridgehead atoms. The Hall–Kier alpha value is 0.400. The Balaban J connectivity index is 4.71. The minimum absolute atomic E-state index is 0.0791. The van der Waals surface area contributed by atoms with Gasteiger partial charge in [0.1, 0.15) is 6.04 Å². The van der Waals surface area contributed by atoms with Gasteiger partial charge >= 0.3 is 7.75 Å². The highest BCUT2D eigenvalue weighted by molar-refractivity contribution is 7.51. The van der Waals surface area contributed by atoms with E-state index in [4.69, 9.17) is 11.6 Å². The van der Waals surface area contributed by atoms with Crippen molar-refractivity contribution >= 4 is 19.3 Å². The molecule has 0 heterocycles. The van der Waals surface area contributed by atoms with Crippen LogP contribution in [0.5, 0.6) is 0 Å². The standard InChI is InChI=1S/C7H17ClNO3P/c1-6(2)9(7(3)5-8)13(10,11)12-4/h6-7H,5H2,1-4H3,(H,10,11)/q+1. The summed E-state index contributed by atoms with van der Waals surface area (Å²) >= 11 is 5.62. The lowest BCUT2D eigenvalue weighted by molar-refractivity contribution is 0.247. The van der Waals surface area contributed by atoms with E-state index in [9.17, 15) is 9.46 Å². The highest BCUT2D eigenvalue weighted by atomic mass is 35.5. The number of alkyl halides is 1. The lowest BCUT2D eigenvalue weighted by atomic mass is 10.3. The Bertz CT molecular complexity index is 200. The number of hydrogen-bond acceptors (Lipinski definition) is 2. The van der Waals surface area contributed by atoms with Crippen molar-refractivity contribution < 1.29 is 14.0 Å². The maximum absolute atomic E-state index is 11.5. The van der Waals surface area contributed by atoms with Crippen LogP contribution < -0.4 is 4.67 Å². The van der Waals surface area contributed by atoms with Gasteiger partial charge in [-0.15, -0.1) is 11.6 Å². The Morgan fingerprint density at radius 3 is 2.23 bits per heavy atom. The van der Waals surface area contributed by atoms with E-state index in [0.29, 0.717) is 5.88 Å². The average Bonchev–Trinajstić information content (AvgIpc) is 2.03. The smallest absolute Gasteiger partial charge is 0.275 e. The van der Waals surface area contributed by atoms with E-state index in [0.717, 1.165) is 0 Å². The van der Waals surface area contributed by atoms with Gasteiger partial charge in [-0.05, 0) is 20.8 Å². The molecule has 0 aliphatic rings. The predicted molar refractivity (Wildman–Crippen MR) is 54.3 cm³/mol. The van der Waals surface area contributed by atoms with Gasteiger partial charge in [-0.2, -0.15) is 4.57 Å². The highest BCUT2D eigenvalue weighted by Crippen LogP contribution is 2.45. The summed E-state index contributed by atoms with van der Waals surface area (Å²) in [5.41, 5.74) is 0. The molecule has 2 unspecified atom stereocenters. The molecule has 0 rings (SSSR count). The van der Waals surface area contributed by atoms with Gasteiger partial charge in [0.25, 0.3) is 0 Å². The molecule has 0 aromatic carbocycles. The first-order valence-electron chi connectivity index (χ1n) is 4.10. The maximum atomic E-state index is 11.5. The minimum atomic E-state index is -3.66. The van der Waals surface area contributed by atoms with E-state index < -0.39 is 7.75 Å². The summed E-state index contributed by atoms with van der Waals surface area (Å²) in [5.74, 6) is 0.298. The molecule has 4 nitrogen and oxygen atoms in total. The fourth-order valence-electron chi connectivity index (χ4n) is 1.21. The van der Waals surface area contributed by atoms with Crippen molar-refractivity contribution in [1.29, 1.82) is 0 Å². The zero-order valence-electron chi connectivity index (χ0n) is 8.40. The van der Waals surface area contributed by atoms with Crippen molar-refractivity contribution in [3.63, 3.8) is 0 Å².